The summed E-state index contributed by atoms with van der Waals surface area (Å²) in [6.07, 6.45) is -0.278. The van der Waals surface area contributed by atoms with E-state index in [1.165, 1.54) is 11.3 Å². The van der Waals surface area contributed by atoms with Crippen LogP contribution in [-0.2, 0) is 6.54 Å². The first kappa shape index (κ1) is 21.2. The Hall–Kier alpha value is -3.09. The largest absolute Gasteiger partial charge is 0.461 e. The highest BCUT2D eigenvalue weighted by molar-refractivity contribution is 7.14. The van der Waals surface area contributed by atoms with Gasteiger partial charge in [-0.25, -0.2) is 13.8 Å². The molecule has 3 aromatic rings. The first-order chi connectivity index (χ1) is 14.8. The summed E-state index contributed by atoms with van der Waals surface area (Å²) >= 11 is 1.29. The Morgan fingerprint density at radius 2 is 2.13 bits per heavy atom. The molecule has 1 saturated heterocycles. The van der Waals surface area contributed by atoms with Gasteiger partial charge in [0.2, 0.25) is 0 Å². The van der Waals surface area contributed by atoms with Gasteiger partial charge < -0.3 is 4.42 Å². The smallest absolute Gasteiger partial charge is 0.261 e. The average Bonchev–Trinajstić information content (AvgIpc) is 3.36. The quantitative estimate of drug-likeness (QED) is 0.597. The van der Waals surface area contributed by atoms with Gasteiger partial charge in [-0.15, -0.1) is 11.3 Å². The van der Waals surface area contributed by atoms with Gasteiger partial charge in [0.15, 0.2) is 5.13 Å². The van der Waals surface area contributed by atoms with Crippen molar-refractivity contribution in [1.29, 1.82) is 5.26 Å². The van der Waals surface area contributed by atoms with E-state index in [0.717, 1.165) is 5.69 Å². The van der Waals surface area contributed by atoms with Gasteiger partial charge in [0.1, 0.15) is 11.5 Å². The molecule has 0 spiro atoms. The van der Waals surface area contributed by atoms with E-state index in [0.29, 0.717) is 53.0 Å². The highest BCUT2D eigenvalue weighted by Gasteiger charge is 2.34. The van der Waals surface area contributed by atoms with Crippen LogP contribution in [0.4, 0.5) is 13.9 Å². The van der Waals surface area contributed by atoms with Crippen molar-refractivity contribution in [1.82, 2.24) is 9.88 Å². The Balaban J connectivity index is 1.41. The molecule has 2 aromatic heterocycles. The molecule has 1 aliphatic heterocycles. The third kappa shape index (κ3) is 4.98. The Morgan fingerprint density at radius 3 is 2.87 bits per heavy atom. The van der Waals surface area contributed by atoms with Crippen molar-refractivity contribution in [3.63, 3.8) is 0 Å². The number of thiazole rings is 1. The molecule has 0 aliphatic carbocycles. The van der Waals surface area contributed by atoms with E-state index >= 15 is 0 Å². The number of likely N-dealkylation sites (tertiary alicyclic amines) is 1. The number of hydrogen-bond donors (Lipinski definition) is 1. The zero-order valence-electron chi connectivity index (χ0n) is 16.8. The lowest BCUT2D eigenvalue weighted by molar-refractivity contribution is -0.0568. The minimum absolute atomic E-state index is 0.139. The van der Waals surface area contributed by atoms with E-state index in [4.69, 9.17) is 9.68 Å². The molecule has 1 amide bonds. The number of carbonyl (C=O) groups is 1. The van der Waals surface area contributed by atoms with E-state index in [1.54, 1.807) is 31.2 Å². The number of rotatable bonds is 5. The van der Waals surface area contributed by atoms with Crippen LogP contribution in [0.25, 0.3) is 11.3 Å². The number of furan rings is 1. The van der Waals surface area contributed by atoms with Gasteiger partial charge in [-0.1, -0.05) is 12.1 Å². The Bertz CT molecular complexity index is 1140. The van der Waals surface area contributed by atoms with Crippen molar-refractivity contribution in [2.45, 2.75) is 32.2 Å². The topological polar surface area (TPSA) is 82.2 Å². The zero-order chi connectivity index (χ0) is 22.0. The number of piperidine rings is 1. The van der Waals surface area contributed by atoms with Crippen LogP contribution < -0.4 is 5.32 Å². The summed E-state index contributed by atoms with van der Waals surface area (Å²) in [4.78, 5) is 19.1. The number of alkyl halides is 2. The second-order valence-corrected chi connectivity index (χ2v) is 8.36. The van der Waals surface area contributed by atoms with Gasteiger partial charge in [0.05, 0.1) is 22.9 Å². The molecule has 0 atom stereocenters. The zero-order valence-corrected chi connectivity index (χ0v) is 17.6. The van der Waals surface area contributed by atoms with Crippen LogP contribution in [0.2, 0.25) is 0 Å². The molecule has 1 aromatic carbocycles. The van der Waals surface area contributed by atoms with Gasteiger partial charge in [-0.3, -0.25) is 15.0 Å². The number of hydrogen-bond acceptors (Lipinski definition) is 6. The van der Waals surface area contributed by atoms with Crippen LogP contribution in [-0.4, -0.2) is 34.8 Å². The first-order valence-corrected chi connectivity index (χ1v) is 10.7. The van der Waals surface area contributed by atoms with E-state index < -0.39 is 5.92 Å². The highest BCUT2D eigenvalue weighted by atomic mass is 32.1. The molecule has 31 heavy (non-hydrogen) atoms. The molecular weight excluding hydrogens is 422 g/mol. The fraction of sp³-hybridized carbons (Fsp3) is 0.318. The second kappa shape index (κ2) is 8.57. The SMILES string of the molecule is Cc1oc(-c2cccc(C#N)c2)cc1C(=O)Nc1nc(CN2CCC(F)(F)CC2)cs1. The van der Waals surface area contributed by atoms with E-state index in [9.17, 15) is 13.6 Å². The predicted octanol–water partition coefficient (Wildman–Crippen LogP) is 5.07. The molecule has 6 nitrogen and oxygen atoms in total. The molecule has 3 heterocycles. The van der Waals surface area contributed by atoms with E-state index in [2.05, 4.69) is 16.4 Å². The maximum atomic E-state index is 13.3. The lowest BCUT2D eigenvalue weighted by Gasteiger charge is -2.31. The highest BCUT2D eigenvalue weighted by Crippen LogP contribution is 2.29. The van der Waals surface area contributed by atoms with E-state index in [1.807, 2.05) is 16.3 Å². The number of benzene rings is 1. The summed E-state index contributed by atoms with van der Waals surface area (Å²) in [7, 11) is 0. The molecule has 0 radical (unpaired) electrons. The molecule has 1 aliphatic rings. The van der Waals surface area contributed by atoms with Crippen molar-refractivity contribution in [2.75, 3.05) is 18.4 Å². The van der Waals surface area contributed by atoms with Crippen LogP contribution in [0.15, 0.2) is 40.1 Å². The van der Waals surface area contributed by atoms with Gasteiger partial charge in [0, 0.05) is 43.4 Å². The molecule has 0 saturated carbocycles. The number of nitrogens with zero attached hydrogens (tertiary/aromatic N) is 3. The number of halogens is 2. The van der Waals surface area contributed by atoms with Crippen LogP contribution in [0.5, 0.6) is 0 Å². The van der Waals surface area contributed by atoms with Crippen molar-refractivity contribution >= 4 is 22.4 Å². The van der Waals surface area contributed by atoms with Crippen LogP contribution in [0.1, 0.15) is 40.2 Å². The lowest BCUT2D eigenvalue weighted by Crippen LogP contribution is -2.38. The minimum Gasteiger partial charge on any atom is -0.461 e. The normalized spacial score (nSPS) is 16.1. The van der Waals surface area contributed by atoms with Crippen LogP contribution >= 0.6 is 11.3 Å². The Kier molecular flexibility index (Phi) is 5.85. The monoisotopic (exact) mass is 442 g/mol. The standard InChI is InChI=1S/C22H20F2N4O2S/c1-14-18(10-19(30-14)16-4-2-3-15(9-16)11-25)20(29)27-21-26-17(13-31-21)12-28-7-5-22(23,24)6-8-28/h2-4,9-10,13H,5-8,12H2,1H3,(H,26,27,29). The molecule has 0 unspecified atom stereocenters. The average molecular weight is 442 g/mol. The number of aromatic nitrogens is 1. The predicted molar refractivity (Wildman–Crippen MR) is 113 cm³/mol. The number of amides is 1. The molecule has 1 N–H and O–H groups in total. The van der Waals surface area contributed by atoms with Gasteiger partial charge in [-0.05, 0) is 25.1 Å². The number of nitrogens with one attached hydrogen (secondary N) is 1. The van der Waals surface area contributed by atoms with Crippen molar-refractivity contribution in [3.8, 4) is 17.4 Å². The van der Waals surface area contributed by atoms with Gasteiger partial charge >= 0.3 is 0 Å². The number of carbonyl (C=O) groups excluding carboxylic acids is 1. The molecular formula is C22H20F2N4O2S. The fourth-order valence-corrected chi connectivity index (χ4v) is 4.16. The maximum Gasteiger partial charge on any atom is 0.261 e. The molecule has 160 valence electrons. The lowest BCUT2D eigenvalue weighted by atomic mass is 10.1. The van der Waals surface area contributed by atoms with Crippen LogP contribution in [0.3, 0.4) is 0 Å². The molecule has 0 bridgehead atoms. The molecule has 4 rings (SSSR count). The Labute approximate surface area is 182 Å². The fourth-order valence-electron chi connectivity index (χ4n) is 3.46. The third-order valence-corrected chi connectivity index (χ3v) is 5.99. The summed E-state index contributed by atoms with van der Waals surface area (Å²) < 4.78 is 32.3. The van der Waals surface area contributed by atoms with Crippen LogP contribution in [0, 0.1) is 18.3 Å². The van der Waals surface area contributed by atoms with E-state index in [-0.39, 0.29) is 18.7 Å². The minimum atomic E-state index is -2.57. The number of anilines is 1. The number of aryl methyl sites for hydroxylation is 1. The van der Waals surface area contributed by atoms with Gasteiger partial charge in [-0.2, -0.15) is 5.26 Å². The van der Waals surface area contributed by atoms with Crippen molar-refractivity contribution < 1.29 is 18.0 Å². The summed E-state index contributed by atoms with van der Waals surface area (Å²) in [6.45, 7) is 2.84. The Morgan fingerprint density at radius 1 is 1.35 bits per heavy atom. The first-order valence-electron chi connectivity index (χ1n) is 9.80. The summed E-state index contributed by atoms with van der Waals surface area (Å²) in [6, 6.07) is 10.7. The maximum absolute atomic E-state index is 13.3. The number of nitriles is 1. The summed E-state index contributed by atoms with van der Waals surface area (Å²) in [5, 5.41) is 14.1. The molecule has 1 fully saturated rings. The van der Waals surface area contributed by atoms with Crippen molar-refractivity contribution in [3.05, 3.63) is 58.3 Å². The van der Waals surface area contributed by atoms with Crippen molar-refractivity contribution in [2.24, 2.45) is 0 Å². The summed E-state index contributed by atoms with van der Waals surface area (Å²) in [5.74, 6) is -1.96. The van der Waals surface area contributed by atoms with Gasteiger partial charge in [0.25, 0.3) is 11.8 Å². The molecule has 9 heteroatoms. The summed E-state index contributed by atoms with van der Waals surface area (Å²) in [5.41, 5.74) is 2.34. The third-order valence-electron chi connectivity index (χ3n) is 5.18. The second-order valence-electron chi connectivity index (χ2n) is 7.50.